The summed E-state index contributed by atoms with van der Waals surface area (Å²) >= 11 is 1.66. The number of fused-ring (bicyclic) bond motifs is 3. The van der Waals surface area contributed by atoms with Crippen LogP contribution in [-0.4, -0.2) is 24.0 Å². The van der Waals surface area contributed by atoms with Gasteiger partial charge in [0, 0.05) is 29.2 Å². The van der Waals surface area contributed by atoms with Gasteiger partial charge in [0.25, 0.3) is 0 Å². The van der Waals surface area contributed by atoms with Gasteiger partial charge in [0.15, 0.2) is 0 Å². The number of hydrogen-bond donors (Lipinski definition) is 0. The summed E-state index contributed by atoms with van der Waals surface area (Å²) in [5, 5.41) is 2.99. The zero-order valence-electron chi connectivity index (χ0n) is 13.0. The number of piperidine rings is 1. The third kappa shape index (κ3) is 2.40. The summed E-state index contributed by atoms with van der Waals surface area (Å²) in [6.45, 7) is 4.53. The van der Waals surface area contributed by atoms with Gasteiger partial charge in [-0.15, -0.1) is 11.3 Å². The smallest absolute Gasteiger partial charge is 0.132 e. The van der Waals surface area contributed by atoms with Crippen molar-refractivity contribution in [3.8, 4) is 0 Å². The van der Waals surface area contributed by atoms with Crippen molar-refractivity contribution in [3.63, 3.8) is 0 Å². The lowest BCUT2D eigenvalue weighted by Gasteiger charge is -2.46. The number of rotatable bonds is 4. The molecule has 1 aromatic heterocycles. The van der Waals surface area contributed by atoms with E-state index in [1.807, 2.05) is 6.07 Å². The molecular weight excluding hydrogens is 293 g/mol. The average molecular weight is 315 g/mol. The second-order valence-electron chi connectivity index (χ2n) is 6.66. The third-order valence-electron chi connectivity index (χ3n) is 5.38. The molecule has 3 heteroatoms. The number of benzene rings is 1. The van der Waals surface area contributed by atoms with Gasteiger partial charge in [0.2, 0.25) is 0 Å². The van der Waals surface area contributed by atoms with Crippen LogP contribution in [0.1, 0.15) is 25.3 Å². The van der Waals surface area contributed by atoms with Crippen LogP contribution in [0, 0.1) is 17.7 Å². The van der Waals surface area contributed by atoms with Crippen LogP contribution in [0.2, 0.25) is 0 Å². The molecule has 3 atom stereocenters. The van der Waals surface area contributed by atoms with E-state index >= 15 is 0 Å². The van der Waals surface area contributed by atoms with Crippen LogP contribution >= 0.6 is 11.3 Å². The van der Waals surface area contributed by atoms with Crippen molar-refractivity contribution in [1.82, 2.24) is 4.90 Å². The summed E-state index contributed by atoms with van der Waals surface area (Å²) in [5.74, 6) is 1.46. The number of thiophene rings is 1. The molecule has 3 unspecified atom stereocenters. The summed E-state index contributed by atoms with van der Waals surface area (Å²) in [6.07, 6.45) is 8.39. The van der Waals surface area contributed by atoms with E-state index in [0.717, 1.165) is 34.9 Å². The Labute approximate surface area is 135 Å². The Kier molecular flexibility index (Phi) is 3.79. The molecule has 22 heavy (non-hydrogen) atoms. The molecule has 5 rings (SSSR count). The second-order valence-corrected chi connectivity index (χ2v) is 7.57. The van der Waals surface area contributed by atoms with Gasteiger partial charge in [0.1, 0.15) is 5.82 Å². The summed E-state index contributed by atoms with van der Waals surface area (Å²) in [4.78, 5) is 2.62. The predicted octanol–water partition coefficient (Wildman–Crippen LogP) is 4.87. The molecule has 3 heterocycles. The number of hydrogen-bond acceptors (Lipinski definition) is 2. The molecule has 1 nitrogen and oxygen atoms in total. The molecule has 0 N–H and O–H groups in total. The van der Waals surface area contributed by atoms with Crippen LogP contribution in [0.5, 0.6) is 0 Å². The summed E-state index contributed by atoms with van der Waals surface area (Å²) in [7, 11) is 0. The molecule has 1 saturated heterocycles. The van der Waals surface area contributed by atoms with Gasteiger partial charge < -0.3 is 0 Å². The zero-order valence-corrected chi connectivity index (χ0v) is 13.8. The Balaban J connectivity index is 1.52. The fraction of sp³-hybridized carbons (Fsp3) is 0.474. The molecule has 1 fully saturated rings. The van der Waals surface area contributed by atoms with Crippen molar-refractivity contribution >= 4 is 21.4 Å². The number of nitrogens with zero attached hydrogens (tertiary/aromatic N) is 1. The lowest BCUT2D eigenvalue weighted by Crippen LogP contribution is -2.50. The van der Waals surface area contributed by atoms with Gasteiger partial charge in [-0.1, -0.05) is 31.6 Å². The van der Waals surface area contributed by atoms with Gasteiger partial charge in [-0.25, -0.2) is 4.39 Å². The molecule has 2 bridgehead atoms. The maximum atomic E-state index is 14.1. The van der Waals surface area contributed by atoms with Crippen LogP contribution in [0.25, 0.3) is 10.1 Å². The molecule has 0 radical (unpaired) electrons. The highest BCUT2D eigenvalue weighted by atomic mass is 32.1. The van der Waals surface area contributed by atoms with Crippen molar-refractivity contribution < 1.29 is 4.39 Å². The minimum absolute atomic E-state index is 0.0692. The highest BCUT2D eigenvalue weighted by molar-refractivity contribution is 7.17. The zero-order chi connectivity index (χ0) is 15.1. The van der Waals surface area contributed by atoms with Crippen molar-refractivity contribution in [2.45, 2.75) is 32.2 Å². The highest BCUT2D eigenvalue weighted by Crippen LogP contribution is 2.36. The number of halogens is 1. The van der Waals surface area contributed by atoms with Crippen LogP contribution in [-0.2, 0) is 6.42 Å². The first-order valence-corrected chi connectivity index (χ1v) is 9.21. The minimum atomic E-state index is -0.0692. The van der Waals surface area contributed by atoms with E-state index in [2.05, 4.69) is 29.4 Å². The maximum absolute atomic E-state index is 14.1. The van der Waals surface area contributed by atoms with Crippen molar-refractivity contribution in [2.75, 3.05) is 13.1 Å². The van der Waals surface area contributed by atoms with Crippen LogP contribution in [0.15, 0.2) is 35.7 Å². The lowest BCUT2D eigenvalue weighted by molar-refractivity contribution is 0.0826. The molecule has 0 spiro atoms. The van der Waals surface area contributed by atoms with Gasteiger partial charge in [0.05, 0.1) is 0 Å². The second kappa shape index (κ2) is 5.78. The highest BCUT2D eigenvalue weighted by Gasteiger charge is 2.35. The first kappa shape index (κ1) is 14.4. The van der Waals surface area contributed by atoms with E-state index in [9.17, 15) is 4.39 Å². The Morgan fingerprint density at radius 3 is 3.05 bits per heavy atom. The average Bonchev–Trinajstić information content (AvgIpc) is 2.98. The first-order valence-electron chi connectivity index (χ1n) is 8.33. The maximum Gasteiger partial charge on any atom is 0.132 e. The van der Waals surface area contributed by atoms with E-state index in [4.69, 9.17) is 0 Å². The molecule has 116 valence electrons. The lowest BCUT2D eigenvalue weighted by atomic mass is 9.76. The van der Waals surface area contributed by atoms with E-state index in [-0.39, 0.29) is 5.82 Å². The summed E-state index contributed by atoms with van der Waals surface area (Å²) < 4.78 is 15.2. The Morgan fingerprint density at radius 2 is 2.23 bits per heavy atom. The first-order chi connectivity index (χ1) is 10.8. The van der Waals surface area contributed by atoms with Crippen molar-refractivity contribution in [3.05, 3.63) is 47.1 Å². The molecule has 2 aliphatic heterocycles. The third-order valence-corrected chi connectivity index (χ3v) is 6.37. The Morgan fingerprint density at radius 1 is 1.32 bits per heavy atom. The molecule has 2 aromatic rings. The van der Waals surface area contributed by atoms with E-state index < -0.39 is 0 Å². The summed E-state index contributed by atoms with van der Waals surface area (Å²) in [5.41, 5.74) is 1.18. The van der Waals surface area contributed by atoms with Gasteiger partial charge in [-0.2, -0.15) is 0 Å². The molecule has 1 aliphatic carbocycles. The summed E-state index contributed by atoms with van der Waals surface area (Å²) in [6, 6.07) is 6.01. The van der Waals surface area contributed by atoms with Gasteiger partial charge in [-0.05, 0) is 47.8 Å². The van der Waals surface area contributed by atoms with Gasteiger partial charge in [-0.3, -0.25) is 4.90 Å². The predicted molar refractivity (Wildman–Crippen MR) is 91.9 cm³/mol. The molecule has 0 amide bonds. The standard InChI is InChI=1S/C19H22FNS/c1-2-14-10-13-6-7-17(14)21(11-13)9-8-15-12-22-18-5-3-4-16(20)19(15)18/h3-7,12-14,17H,2,8-11H2,1H3. The van der Waals surface area contributed by atoms with Crippen molar-refractivity contribution in [2.24, 2.45) is 11.8 Å². The van der Waals surface area contributed by atoms with Crippen molar-refractivity contribution in [1.29, 1.82) is 0 Å². The van der Waals surface area contributed by atoms with E-state index in [1.54, 1.807) is 23.5 Å². The van der Waals surface area contributed by atoms with Crippen LogP contribution < -0.4 is 0 Å². The van der Waals surface area contributed by atoms with E-state index in [1.165, 1.54) is 24.9 Å². The molecule has 3 aliphatic rings. The molecular formula is C19H22FNS. The largest absolute Gasteiger partial charge is 0.296 e. The minimum Gasteiger partial charge on any atom is -0.296 e. The fourth-order valence-electron chi connectivity index (χ4n) is 4.22. The normalized spacial score (nSPS) is 27.8. The van der Waals surface area contributed by atoms with Gasteiger partial charge >= 0.3 is 0 Å². The molecule has 0 saturated carbocycles. The fourth-order valence-corrected chi connectivity index (χ4v) is 5.23. The van der Waals surface area contributed by atoms with E-state index in [0.29, 0.717) is 6.04 Å². The Hall–Kier alpha value is -1.19. The van der Waals surface area contributed by atoms with Crippen LogP contribution in [0.4, 0.5) is 4.39 Å². The quantitative estimate of drug-likeness (QED) is 0.728. The Bertz CT molecular complexity index is 705. The topological polar surface area (TPSA) is 3.24 Å². The monoisotopic (exact) mass is 315 g/mol. The van der Waals surface area contributed by atoms with Crippen LogP contribution in [0.3, 0.4) is 0 Å². The molecule has 1 aromatic carbocycles. The SMILES string of the molecule is CCC1CC2C=CC1N(CCc1csc3cccc(F)c13)C2.